The molecule has 0 unspecified atom stereocenters. The molecule has 18 heavy (non-hydrogen) atoms. The van der Waals surface area contributed by atoms with Crippen molar-refractivity contribution in [1.82, 2.24) is 0 Å². The van der Waals surface area contributed by atoms with E-state index in [0.717, 1.165) is 0 Å². The molecule has 1 fully saturated rings. The summed E-state index contributed by atoms with van der Waals surface area (Å²) in [5.74, 6) is 1.29. The summed E-state index contributed by atoms with van der Waals surface area (Å²) in [7, 11) is 0. The van der Waals surface area contributed by atoms with E-state index in [1.165, 1.54) is 0 Å². The molecule has 3 rings (SSSR count). The van der Waals surface area contributed by atoms with Crippen molar-refractivity contribution in [3.63, 3.8) is 0 Å². The van der Waals surface area contributed by atoms with Crippen LogP contribution >= 0.6 is 0 Å². The SMILES string of the molecule is [CH][C@H]1C[C@@H](OC2Oc3ccccc3O2)[C@@H](CO)O1. The Bertz CT molecular complexity index is 397. The standard InChI is InChI=1S/C13H14O5/c1-8-6-11(12(7-14)15-8)18-13-16-9-4-2-3-5-10(9)17-13/h1-5,8,11-14H,6-7H2/t8-,11+,12+/m0/s1. The van der Waals surface area contributed by atoms with Crippen molar-refractivity contribution in [1.29, 1.82) is 0 Å². The number of rotatable bonds is 3. The van der Waals surface area contributed by atoms with Crippen LogP contribution in [0.25, 0.3) is 0 Å². The minimum Gasteiger partial charge on any atom is -0.428 e. The van der Waals surface area contributed by atoms with Gasteiger partial charge in [0.25, 0.3) is 0 Å². The largest absolute Gasteiger partial charge is 0.428 e. The third-order valence-corrected chi connectivity index (χ3v) is 2.99. The monoisotopic (exact) mass is 250 g/mol. The Morgan fingerprint density at radius 3 is 2.56 bits per heavy atom. The number of aliphatic hydroxyl groups excluding tert-OH is 1. The van der Waals surface area contributed by atoms with E-state index in [1.54, 1.807) is 12.1 Å². The normalized spacial score (nSPS) is 30.9. The van der Waals surface area contributed by atoms with Gasteiger partial charge < -0.3 is 24.1 Å². The quantitative estimate of drug-likeness (QED) is 0.866. The summed E-state index contributed by atoms with van der Waals surface area (Å²) in [6.07, 6.45) is -0.679. The van der Waals surface area contributed by atoms with Gasteiger partial charge in [-0.05, 0) is 19.1 Å². The first-order valence-electron chi connectivity index (χ1n) is 5.86. The van der Waals surface area contributed by atoms with Crippen molar-refractivity contribution < 1.29 is 24.1 Å². The van der Waals surface area contributed by atoms with Crippen molar-refractivity contribution in [2.75, 3.05) is 6.61 Å². The summed E-state index contributed by atoms with van der Waals surface area (Å²) in [6.45, 7) is 4.70. The molecule has 2 radical (unpaired) electrons. The van der Waals surface area contributed by atoms with Crippen molar-refractivity contribution >= 4 is 0 Å². The molecule has 5 nitrogen and oxygen atoms in total. The first-order valence-corrected chi connectivity index (χ1v) is 5.86. The number of aliphatic hydroxyl groups is 1. The molecule has 96 valence electrons. The molecule has 5 heteroatoms. The summed E-state index contributed by atoms with van der Waals surface area (Å²) < 4.78 is 21.9. The molecule has 0 spiro atoms. The topological polar surface area (TPSA) is 57.2 Å². The Balaban J connectivity index is 1.62. The van der Waals surface area contributed by atoms with Gasteiger partial charge in [0.05, 0.1) is 18.8 Å². The van der Waals surface area contributed by atoms with E-state index in [0.29, 0.717) is 17.9 Å². The van der Waals surface area contributed by atoms with E-state index < -0.39 is 18.7 Å². The Kier molecular flexibility index (Phi) is 3.11. The molecular formula is C13H14O5. The van der Waals surface area contributed by atoms with E-state index in [4.69, 9.17) is 31.0 Å². The molecule has 2 aliphatic heterocycles. The molecule has 2 aliphatic rings. The van der Waals surface area contributed by atoms with Gasteiger partial charge in [-0.25, -0.2) is 0 Å². The average molecular weight is 250 g/mol. The molecule has 0 aliphatic carbocycles. The van der Waals surface area contributed by atoms with Crippen LogP contribution in [0.3, 0.4) is 0 Å². The van der Waals surface area contributed by atoms with Gasteiger partial charge in [-0.15, -0.1) is 0 Å². The smallest absolute Gasteiger partial charge is 0.361 e. The maximum Gasteiger partial charge on any atom is 0.361 e. The summed E-state index contributed by atoms with van der Waals surface area (Å²) in [4.78, 5) is 0. The van der Waals surface area contributed by atoms with Crippen molar-refractivity contribution in [3.8, 4) is 11.5 Å². The number of benzene rings is 1. The zero-order valence-corrected chi connectivity index (χ0v) is 9.69. The van der Waals surface area contributed by atoms with Crippen molar-refractivity contribution in [2.45, 2.75) is 31.2 Å². The van der Waals surface area contributed by atoms with Crippen LogP contribution in [0.4, 0.5) is 0 Å². The number of ether oxygens (including phenoxy) is 4. The van der Waals surface area contributed by atoms with Gasteiger partial charge in [-0.1, -0.05) is 12.1 Å². The highest BCUT2D eigenvalue weighted by molar-refractivity contribution is 5.41. The maximum atomic E-state index is 9.16. The second kappa shape index (κ2) is 4.76. The molecule has 0 amide bonds. The van der Waals surface area contributed by atoms with Gasteiger partial charge in [0.1, 0.15) is 6.10 Å². The van der Waals surface area contributed by atoms with E-state index in [9.17, 15) is 0 Å². The van der Waals surface area contributed by atoms with E-state index in [2.05, 4.69) is 0 Å². The van der Waals surface area contributed by atoms with Crippen LogP contribution < -0.4 is 9.47 Å². The molecule has 0 aromatic heterocycles. The lowest BCUT2D eigenvalue weighted by Gasteiger charge is -2.19. The summed E-state index contributed by atoms with van der Waals surface area (Å²) >= 11 is 0. The van der Waals surface area contributed by atoms with Crippen LogP contribution in [0.1, 0.15) is 6.42 Å². The highest BCUT2D eigenvalue weighted by atomic mass is 16.9. The molecule has 1 N–H and O–H groups in total. The Morgan fingerprint density at radius 2 is 1.94 bits per heavy atom. The van der Waals surface area contributed by atoms with Crippen molar-refractivity contribution in [2.24, 2.45) is 0 Å². The van der Waals surface area contributed by atoms with Crippen LogP contribution in [-0.2, 0) is 9.47 Å². The first kappa shape index (κ1) is 11.8. The number of fused-ring (bicyclic) bond motifs is 1. The second-order valence-corrected chi connectivity index (χ2v) is 4.28. The lowest BCUT2D eigenvalue weighted by Crippen LogP contribution is -2.35. The van der Waals surface area contributed by atoms with E-state index >= 15 is 0 Å². The van der Waals surface area contributed by atoms with Crippen LogP contribution in [0, 0.1) is 6.92 Å². The summed E-state index contributed by atoms with van der Waals surface area (Å²) in [6, 6.07) is 7.32. The molecule has 2 heterocycles. The second-order valence-electron chi connectivity index (χ2n) is 4.28. The van der Waals surface area contributed by atoms with Gasteiger partial charge >= 0.3 is 6.48 Å². The van der Waals surface area contributed by atoms with E-state index in [1.807, 2.05) is 12.1 Å². The minimum absolute atomic E-state index is 0.141. The molecule has 3 atom stereocenters. The predicted octanol–water partition coefficient (Wildman–Crippen LogP) is 0.987. The van der Waals surface area contributed by atoms with Gasteiger partial charge in [-0.2, -0.15) is 0 Å². The Morgan fingerprint density at radius 1 is 1.28 bits per heavy atom. The third-order valence-electron chi connectivity index (χ3n) is 2.99. The number of para-hydroxylation sites is 2. The first-order chi connectivity index (χ1) is 8.76. The lowest BCUT2D eigenvalue weighted by atomic mass is 10.1. The van der Waals surface area contributed by atoms with Crippen molar-refractivity contribution in [3.05, 3.63) is 31.2 Å². The highest BCUT2D eigenvalue weighted by Gasteiger charge is 2.37. The Labute approximate surface area is 105 Å². The van der Waals surface area contributed by atoms with Crippen LogP contribution in [-0.4, -0.2) is 36.5 Å². The molecular weight excluding hydrogens is 236 g/mol. The summed E-state index contributed by atoms with van der Waals surface area (Å²) in [5.41, 5.74) is 0. The molecule has 0 saturated carbocycles. The fraction of sp³-hybridized carbons (Fsp3) is 0.462. The van der Waals surface area contributed by atoms with Gasteiger partial charge in [0.15, 0.2) is 11.5 Å². The fourth-order valence-electron chi connectivity index (χ4n) is 2.13. The zero-order chi connectivity index (χ0) is 12.5. The van der Waals surface area contributed by atoms with Crippen LogP contribution in [0.15, 0.2) is 24.3 Å². The fourth-order valence-corrected chi connectivity index (χ4v) is 2.13. The lowest BCUT2D eigenvalue weighted by molar-refractivity contribution is -0.214. The highest BCUT2D eigenvalue weighted by Crippen LogP contribution is 2.35. The number of hydrogen-bond acceptors (Lipinski definition) is 5. The minimum atomic E-state index is -0.810. The molecule has 0 bridgehead atoms. The van der Waals surface area contributed by atoms with Gasteiger partial charge in [0.2, 0.25) is 0 Å². The van der Waals surface area contributed by atoms with E-state index in [-0.39, 0.29) is 12.7 Å². The van der Waals surface area contributed by atoms with Crippen LogP contribution in [0.5, 0.6) is 11.5 Å². The zero-order valence-electron chi connectivity index (χ0n) is 9.69. The third kappa shape index (κ3) is 2.16. The Hall–Kier alpha value is -1.30. The predicted molar refractivity (Wildman–Crippen MR) is 61.0 cm³/mol. The van der Waals surface area contributed by atoms with Crippen LogP contribution in [0.2, 0.25) is 0 Å². The summed E-state index contributed by atoms with van der Waals surface area (Å²) in [5, 5.41) is 9.16. The van der Waals surface area contributed by atoms with Gasteiger partial charge in [0, 0.05) is 6.42 Å². The molecule has 1 aromatic rings. The average Bonchev–Trinajstić information content (AvgIpc) is 2.92. The van der Waals surface area contributed by atoms with Gasteiger partial charge in [-0.3, -0.25) is 0 Å². The molecule has 1 aromatic carbocycles. The number of hydrogen-bond donors (Lipinski definition) is 1. The molecule has 1 saturated heterocycles. The maximum absolute atomic E-state index is 9.16.